The molecular formula is C20H20N2O5. The Kier molecular flexibility index (Phi) is 5.07. The van der Waals surface area contributed by atoms with Crippen LogP contribution in [0.1, 0.15) is 18.9 Å². The molecule has 140 valence electrons. The Hall–Kier alpha value is -3.03. The van der Waals surface area contributed by atoms with E-state index in [1.54, 1.807) is 43.3 Å². The Morgan fingerprint density at radius 2 is 1.96 bits per heavy atom. The second kappa shape index (κ2) is 7.30. The van der Waals surface area contributed by atoms with Crippen molar-refractivity contribution in [3.63, 3.8) is 0 Å². The van der Waals surface area contributed by atoms with Crippen molar-refractivity contribution in [1.82, 2.24) is 0 Å². The van der Waals surface area contributed by atoms with Gasteiger partial charge in [-0.2, -0.15) is 0 Å². The van der Waals surface area contributed by atoms with Crippen LogP contribution in [0.25, 0.3) is 0 Å². The second-order valence-corrected chi connectivity index (χ2v) is 6.43. The number of aliphatic hydroxyl groups is 2. The molecule has 2 atom stereocenters. The van der Waals surface area contributed by atoms with Gasteiger partial charge in [0.15, 0.2) is 5.60 Å². The molecule has 0 aliphatic carbocycles. The maximum absolute atomic E-state index is 13.3. The summed E-state index contributed by atoms with van der Waals surface area (Å²) in [5.41, 5.74) is -0.946. The van der Waals surface area contributed by atoms with Crippen molar-refractivity contribution in [1.29, 1.82) is 0 Å². The average molecular weight is 368 g/mol. The van der Waals surface area contributed by atoms with E-state index >= 15 is 0 Å². The Balaban J connectivity index is 2.16. The van der Waals surface area contributed by atoms with Gasteiger partial charge in [0, 0.05) is 35.9 Å². The molecule has 0 fully saturated rings. The Bertz CT molecular complexity index is 897. The molecule has 7 nitrogen and oxygen atoms in total. The molecule has 3 rings (SSSR count). The molecule has 1 aliphatic rings. The van der Waals surface area contributed by atoms with Crippen LogP contribution in [0.5, 0.6) is 0 Å². The van der Waals surface area contributed by atoms with Crippen LogP contribution in [0.3, 0.4) is 0 Å². The van der Waals surface area contributed by atoms with Gasteiger partial charge >= 0.3 is 0 Å². The molecule has 2 aromatic carbocycles. The number of hydrogen-bond donors (Lipinski definition) is 2. The molecule has 0 aromatic heterocycles. The molecule has 7 heteroatoms. The topological polar surface area (TPSA) is 104 Å². The predicted octanol–water partition coefficient (Wildman–Crippen LogP) is 3.04. The lowest BCUT2D eigenvalue weighted by Gasteiger charge is -2.27. The van der Waals surface area contributed by atoms with Crippen LogP contribution in [0.2, 0.25) is 0 Å². The minimum Gasteiger partial charge on any atom is -0.396 e. The molecule has 1 heterocycles. The highest BCUT2D eigenvalue weighted by Gasteiger charge is 2.53. The van der Waals surface area contributed by atoms with Crippen LogP contribution < -0.4 is 4.90 Å². The summed E-state index contributed by atoms with van der Waals surface area (Å²) in [6.45, 7) is 1.62. The third-order valence-electron chi connectivity index (χ3n) is 4.77. The van der Waals surface area contributed by atoms with Gasteiger partial charge in [0.2, 0.25) is 0 Å². The zero-order valence-electron chi connectivity index (χ0n) is 14.8. The maximum atomic E-state index is 13.3. The van der Waals surface area contributed by atoms with E-state index in [1.165, 1.54) is 23.1 Å². The lowest BCUT2D eigenvalue weighted by atomic mass is 9.82. The fourth-order valence-electron chi connectivity index (χ4n) is 3.32. The van der Waals surface area contributed by atoms with E-state index in [0.29, 0.717) is 17.8 Å². The summed E-state index contributed by atoms with van der Waals surface area (Å²) in [6.07, 6.45) is 3.71. The monoisotopic (exact) mass is 368 g/mol. The first kappa shape index (κ1) is 18.8. The molecule has 27 heavy (non-hydrogen) atoms. The number of anilines is 2. The number of nitro benzene ring substituents is 1. The quantitative estimate of drug-likeness (QED) is 0.463. The number of nitro groups is 1. The van der Waals surface area contributed by atoms with Crippen LogP contribution in [0.4, 0.5) is 17.1 Å². The number of non-ortho nitro benzene ring substituents is 1. The highest BCUT2D eigenvalue weighted by Crippen LogP contribution is 2.49. The molecule has 1 aliphatic heterocycles. The van der Waals surface area contributed by atoms with E-state index < -0.39 is 22.3 Å². The number of aliphatic hydroxyl groups excluding tert-OH is 1. The number of para-hydroxylation sites is 1. The summed E-state index contributed by atoms with van der Waals surface area (Å²) >= 11 is 0. The van der Waals surface area contributed by atoms with E-state index in [4.69, 9.17) is 5.11 Å². The number of benzene rings is 2. The van der Waals surface area contributed by atoms with Crippen molar-refractivity contribution in [2.24, 2.45) is 5.92 Å². The Morgan fingerprint density at radius 1 is 1.26 bits per heavy atom. The highest BCUT2D eigenvalue weighted by molar-refractivity contribution is 6.12. The zero-order chi connectivity index (χ0) is 19.6. The molecule has 2 N–H and O–H groups in total. The van der Waals surface area contributed by atoms with Gasteiger partial charge in [0.25, 0.3) is 11.6 Å². The van der Waals surface area contributed by atoms with Crippen molar-refractivity contribution < 1.29 is 19.9 Å². The van der Waals surface area contributed by atoms with Gasteiger partial charge in [0.05, 0.1) is 10.6 Å². The van der Waals surface area contributed by atoms with E-state index in [1.807, 2.05) is 6.07 Å². The Morgan fingerprint density at radius 3 is 2.59 bits per heavy atom. The van der Waals surface area contributed by atoms with Crippen LogP contribution >= 0.6 is 0 Å². The van der Waals surface area contributed by atoms with Crippen molar-refractivity contribution in [3.05, 3.63) is 76.4 Å². The molecule has 0 bridgehead atoms. The summed E-state index contributed by atoms with van der Waals surface area (Å²) in [7, 11) is 0. The summed E-state index contributed by atoms with van der Waals surface area (Å²) in [4.78, 5) is 25.3. The first-order valence-electron chi connectivity index (χ1n) is 8.59. The average Bonchev–Trinajstić information content (AvgIpc) is 2.90. The van der Waals surface area contributed by atoms with Gasteiger partial charge in [-0.05, 0) is 24.6 Å². The van der Waals surface area contributed by atoms with Crippen molar-refractivity contribution in [2.75, 3.05) is 11.5 Å². The van der Waals surface area contributed by atoms with Crippen molar-refractivity contribution in [3.8, 4) is 0 Å². The second-order valence-electron chi connectivity index (χ2n) is 6.43. The fraction of sp³-hybridized carbons (Fsp3) is 0.250. The summed E-state index contributed by atoms with van der Waals surface area (Å²) < 4.78 is 0. The lowest BCUT2D eigenvalue weighted by Crippen LogP contribution is -2.42. The van der Waals surface area contributed by atoms with E-state index in [2.05, 4.69) is 0 Å². The minimum absolute atomic E-state index is 0.0478. The van der Waals surface area contributed by atoms with Gasteiger partial charge < -0.3 is 10.2 Å². The summed E-state index contributed by atoms with van der Waals surface area (Å²) in [5, 5.41) is 31.5. The highest BCUT2D eigenvalue weighted by atomic mass is 16.6. The Labute approximate surface area is 156 Å². The van der Waals surface area contributed by atoms with Gasteiger partial charge in [0.1, 0.15) is 0 Å². The van der Waals surface area contributed by atoms with Crippen molar-refractivity contribution >= 4 is 23.0 Å². The number of amides is 1. The number of carbonyl (C=O) groups excluding carboxylic acids is 1. The number of nitrogens with zero attached hydrogens (tertiary/aromatic N) is 2. The minimum atomic E-state index is -1.94. The number of fused-ring (bicyclic) bond motifs is 1. The van der Waals surface area contributed by atoms with Gasteiger partial charge in [-0.1, -0.05) is 37.3 Å². The van der Waals surface area contributed by atoms with Crippen molar-refractivity contribution in [2.45, 2.75) is 18.9 Å². The predicted molar refractivity (Wildman–Crippen MR) is 101 cm³/mol. The molecule has 0 unspecified atom stereocenters. The largest absolute Gasteiger partial charge is 0.396 e. The summed E-state index contributed by atoms with van der Waals surface area (Å²) in [5.74, 6) is -1.21. The molecule has 1 amide bonds. The van der Waals surface area contributed by atoms with E-state index in [9.17, 15) is 20.0 Å². The third kappa shape index (κ3) is 3.11. The van der Waals surface area contributed by atoms with E-state index in [-0.39, 0.29) is 17.9 Å². The van der Waals surface area contributed by atoms with Crippen LogP contribution in [-0.2, 0) is 10.4 Å². The number of rotatable bonds is 6. The molecule has 0 radical (unpaired) electrons. The first-order valence-corrected chi connectivity index (χ1v) is 8.59. The zero-order valence-corrected chi connectivity index (χ0v) is 14.8. The molecule has 2 aromatic rings. The SMILES string of the molecule is C[C@H](/C=C/CCO)[C@@]1(O)C(=O)N(c2ccccc2)c2ccc([N+](=O)[O-])cc21. The molecule has 0 saturated heterocycles. The lowest BCUT2D eigenvalue weighted by molar-refractivity contribution is -0.385. The number of carbonyl (C=O) groups is 1. The fourth-order valence-corrected chi connectivity index (χ4v) is 3.32. The van der Waals surface area contributed by atoms with Gasteiger partial charge in [-0.3, -0.25) is 19.8 Å². The molecule has 0 spiro atoms. The van der Waals surface area contributed by atoms with Gasteiger partial charge in [-0.15, -0.1) is 0 Å². The van der Waals surface area contributed by atoms with Gasteiger partial charge in [-0.25, -0.2) is 0 Å². The van der Waals surface area contributed by atoms with Crippen LogP contribution in [-0.4, -0.2) is 27.7 Å². The normalized spacial score (nSPS) is 20.1. The van der Waals surface area contributed by atoms with Crippen LogP contribution in [0, 0.1) is 16.0 Å². The van der Waals surface area contributed by atoms with Crippen LogP contribution in [0.15, 0.2) is 60.7 Å². The summed E-state index contributed by atoms with van der Waals surface area (Å²) in [6, 6.07) is 12.9. The maximum Gasteiger partial charge on any atom is 0.269 e. The molecule has 0 saturated carbocycles. The third-order valence-corrected chi connectivity index (χ3v) is 4.77. The first-order chi connectivity index (χ1) is 12.9. The van der Waals surface area contributed by atoms with E-state index in [0.717, 1.165) is 0 Å². The smallest absolute Gasteiger partial charge is 0.269 e. The number of hydrogen-bond acceptors (Lipinski definition) is 5. The standard InChI is InChI=1S/C20H20N2O5/c1-14(7-5-6-12-23)20(25)17-13-16(22(26)27)10-11-18(17)21(19(20)24)15-8-3-2-4-9-15/h2-5,7-11,13-14,23,25H,6,12H2,1H3/b7-5+/t14-,20+/m1/s1. The molecular weight excluding hydrogens is 348 g/mol.